The second-order valence-corrected chi connectivity index (χ2v) is 8.06. The highest BCUT2D eigenvalue weighted by Crippen LogP contribution is 2.61. The molecular formula is C20H32O2. The molecule has 2 saturated carbocycles. The summed E-state index contributed by atoms with van der Waals surface area (Å²) in [5, 5.41) is 9.03. The lowest BCUT2D eigenvalue weighted by molar-refractivity contribution is -0.130. The normalized spacial score (nSPS) is 39.5. The summed E-state index contributed by atoms with van der Waals surface area (Å²) in [4.78, 5) is 11.8. The van der Waals surface area contributed by atoms with Gasteiger partial charge in [0.25, 0.3) is 0 Å². The molecule has 0 aliphatic heterocycles. The van der Waals surface area contributed by atoms with Gasteiger partial charge in [-0.2, -0.15) is 0 Å². The van der Waals surface area contributed by atoms with Crippen molar-refractivity contribution >= 4 is 6.29 Å². The van der Waals surface area contributed by atoms with Crippen molar-refractivity contribution in [2.24, 2.45) is 22.7 Å². The first-order chi connectivity index (χ1) is 10.4. The summed E-state index contributed by atoms with van der Waals surface area (Å²) in [6, 6.07) is 0. The predicted octanol–water partition coefficient (Wildman–Crippen LogP) is 4.68. The van der Waals surface area contributed by atoms with Gasteiger partial charge in [0, 0.05) is 5.41 Å². The topological polar surface area (TPSA) is 37.3 Å². The summed E-state index contributed by atoms with van der Waals surface area (Å²) >= 11 is 0. The van der Waals surface area contributed by atoms with Crippen LogP contribution >= 0.6 is 0 Å². The van der Waals surface area contributed by atoms with Crippen LogP contribution in [0.1, 0.15) is 65.7 Å². The van der Waals surface area contributed by atoms with Gasteiger partial charge in [-0.1, -0.05) is 44.1 Å². The summed E-state index contributed by atoms with van der Waals surface area (Å²) in [6.45, 7) is 11.2. The highest BCUT2D eigenvalue weighted by molar-refractivity contribution is 5.60. The summed E-state index contributed by atoms with van der Waals surface area (Å²) in [7, 11) is 0. The molecule has 0 spiro atoms. The Labute approximate surface area is 135 Å². The molecule has 0 bridgehead atoms. The fourth-order valence-electron chi connectivity index (χ4n) is 5.30. The zero-order chi connectivity index (χ0) is 16.4. The van der Waals surface area contributed by atoms with Crippen LogP contribution in [-0.4, -0.2) is 18.0 Å². The minimum Gasteiger partial charge on any atom is -0.392 e. The molecule has 2 fully saturated rings. The van der Waals surface area contributed by atoms with Crippen LogP contribution in [0, 0.1) is 22.7 Å². The number of aliphatic hydroxyl groups is 1. The largest absolute Gasteiger partial charge is 0.392 e. The molecule has 1 unspecified atom stereocenters. The SMILES string of the molecule is C=C1CC[C@H]2C(C)(C=O)CCC[C@]2(C)[C@H]1CC/C(C)=C/CO. The minimum absolute atomic E-state index is 0.126. The first-order valence-electron chi connectivity index (χ1n) is 8.78. The number of carbonyl (C=O) groups excluding carboxylic acids is 1. The zero-order valence-electron chi connectivity index (χ0n) is 14.5. The van der Waals surface area contributed by atoms with E-state index in [0.29, 0.717) is 11.8 Å². The lowest BCUT2D eigenvalue weighted by atomic mass is 9.47. The average Bonchev–Trinajstić information content (AvgIpc) is 2.46. The Bertz CT molecular complexity index is 464. The van der Waals surface area contributed by atoms with E-state index in [4.69, 9.17) is 5.11 Å². The minimum atomic E-state index is -0.151. The van der Waals surface area contributed by atoms with Gasteiger partial charge >= 0.3 is 0 Å². The van der Waals surface area contributed by atoms with Crippen LogP contribution in [0.4, 0.5) is 0 Å². The Balaban J connectivity index is 2.22. The van der Waals surface area contributed by atoms with E-state index >= 15 is 0 Å². The number of fused-ring (bicyclic) bond motifs is 1. The average molecular weight is 304 g/mol. The van der Waals surface area contributed by atoms with E-state index in [-0.39, 0.29) is 17.4 Å². The van der Waals surface area contributed by atoms with E-state index in [2.05, 4.69) is 27.4 Å². The Morgan fingerprint density at radius 3 is 2.77 bits per heavy atom. The molecule has 0 amide bonds. The van der Waals surface area contributed by atoms with Gasteiger partial charge in [0.15, 0.2) is 0 Å². The molecule has 22 heavy (non-hydrogen) atoms. The summed E-state index contributed by atoms with van der Waals surface area (Å²) in [5.41, 5.74) is 2.70. The van der Waals surface area contributed by atoms with Gasteiger partial charge in [-0.25, -0.2) is 0 Å². The number of carbonyl (C=O) groups is 1. The first kappa shape index (κ1) is 17.5. The van der Waals surface area contributed by atoms with Crippen molar-refractivity contribution in [1.29, 1.82) is 0 Å². The second kappa shape index (κ2) is 6.70. The van der Waals surface area contributed by atoms with Crippen LogP contribution in [0.5, 0.6) is 0 Å². The number of hydrogen-bond donors (Lipinski definition) is 1. The first-order valence-corrected chi connectivity index (χ1v) is 8.78. The van der Waals surface area contributed by atoms with Gasteiger partial charge in [0.2, 0.25) is 0 Å². The fraction of sp³-hybridized carbons (Fsp3) is 0.750. The van der Waals surface area contributed by atoms with Gasteiger partial charge in [0.05, 0.1) is 6.61 Å². The van der Waals surface area contributed by atoms with E-state index in [0.717, 1.165) is 38.5 Å². The van der Waals surface area contributed by atoms with Gasteiger partial charge in [-0.15, -0.1) is 0 Å². The van der Waals surface area contributed by atoms with Crippen LogP contribution in [0.25, 0.3) is 0 Å². The van der Waals surface area contributed by atoms with Crippen LogP contribution in [0.15, 0.2) is 23.8 Å². The van der Waals surface area contributed by atoms with E-state index in [1.54, 1.807) is 0 Å². The maximum absolute atomic E-state index is 11.8. The number of allylic oxidation sites excluding steroid dienone is 2. The lowest BCUT2D eigenvalue weighted by Gasteiger charge is -2.57. The van der Waals surface area contributed by atoms with Gasteiger partial charge < -0.3 is 9.90 Å². The van der Waals surface area contributed by atoms with E-state index in [1.165, 1.54) is 23.9 Å². The number of aliphatic hydroxyl groups excluding tert-OH is 1. The Kier molecular flexibility index (Phi) is 5.32. The molecule has 4 atom stereocenters. The van der Waals surface area contributed by atoms with E-state index in [9.17, 15) is 4.79 Å². The van der Waals surface area contributed by atoms with Crippen molar-refractivity contribution in [3.8, 4) is 0 Å². The van der Waals surface area contributed by atoms with Gasteiger partial charge in [-0.3, -0.25) is 0 Å². The van der Waals surface area contributed by atoms with Gasteiger partial charge in [0.1, 0.15) is 6.29 Å². The number of hydrogen-bond acceptors (Lipinski definition) is 2. The van der Waals surface area contributed by atoms with E-state index in [1.807, 2.05) is 6.08 Å². The molecule has 1 N–H and O–H groups in total. The molecule has 124 valence electrons. The third-order valence-corrected chi connectivity index (χ3v) is 6.60. The number of aldehydes is 1. The second-order valence-electron chi connectivity index (χ2n) is 8.06. The van der Waals surface area contributed by atoms with Crippen molar-refractivity contribution in [3.63, 3.8) is 0 Å². The number of rotatable bonds is 5. The van der Waals surface area contributed by atoms with Crippen molar-refractivity contribution in [1.82, 2.24) is 0 Å². The molecule has 0 heterocycles. The molecule has 2 aliphatic rings. The smallest absolute Gasteiger partial charge is 0.126 e. The quantitative estimate of drug-likeness (QED) is 0.591. The molecule has 0 saturated heterocycles. The Hall–Kier alpha value is -0.890. The summed E-state index contributed by atoms with van der Waals surface area (Å²) in [6.07, 6.45) is 10.8. The highest BCUT2D eigenvalue weighted by Gasteiger charge is 2.54. The van der Waals surface area contributed by atoms with Crippen LogP contribution in [-0.2, 0) is 4.79 Å². The van der Waals surface area contributed by atoms with Crippen molar-refractivity contribution in [2.75, 3.05) is 6.61 Å². The molecule has 0 radical (unpaired) electrons. The molecule has 2 rings (SSSR count). The Morgan fingerprint density at radius 2 is 2.14 bits per heavy atom. The summed E-state index contributed by atoms with van der Waals surface area (Å²) < 4.78 is 0. The van der Waals surface area contributed by atoms with Gasteiger partial charge in [-0.05, 0) is 62.7 Å². The predicted molar refractivity (Wildman–Crippen MR) is 91.6 cm³/mol. The third-order valence-electron chi connectivity index (χ3n) is 6.60. The molecule has 2 nitrogen and oxygen atoms in total. The standard InChI is InChI=1S/C20H32O2/c1-15(10-13-21)6-8-17-16(2)7-9-18-19(3,14-22)11-5-12-20(17,18)4/h10,14,17-18,21H,2,5-9,11-13H2,1,3-4H3/b15-10+/t17-,18-,19?,20+/m0/s1. The van der Waals surface area contributed by atoms with Crippen LogP contribution in [0.2, 0.25) is 0 Å². The highest BCUT2D eigenvalue weighted by atomic mass is 16.2. The molecule has 2 aliphatic carbocycles. The van der Waals surface area contributed by atoms with Crippen molar-refractivity contribution in [3.05, 3.63) is 23.8 Å². The molecule has 0 aromatic rings. The maximum Gasteiger partial charge on any atom is 0.126 e. The van der Waals surface area contributed by atoms with Crippen LogP contribution < -0.4 is 0 Å². The Morgan fingerprint density at radius 1 is 1.41 bits per heavy atom. The van der Waals surface area contributed by atoms with Crippen LogP contribution in [0.3, 0.4) is 0 Å². The third kappa shape index (κ3) is 3.08. The van der Waals surface area contributed by atoms with E-state index < -0.39 is 0 Å². The lowest BCUT2D eigenvalue weighted by Crippen LogP contribution is -2.51. The van der Waals surface area contributed by atoms with Crippen molar-refractivity contribution < 1.29 is 9.90 Å². The van der Waals surface area contributed by atoms with Crippen molar-refractivity contribution in [2.45, 2.75) is 65.7 Å². The molecule has 0 aromatic carbocycles. The molecule has 2 heteroatoms. The monoisotopic (exact) mass is 304 g/mol. The molecular weight excluding hydrogens is 272 g/mol. The zero-order valence-corrected chi connectivity index (χ0v) is 14.5. The summed E-state index contributed by atoms with van der Waals surface area (Å²) in [5.74, 6) is 0.997. The fourth-order valence-corrected chi connectivity index (χ4v) is 5.30. The molecule has 0 aromatic heterocycles. The maximum atomic E-state index is 11.8.